The second-order valence-corrected chi connectivity index (χ2v) is 9.28. The van der Waals surface area contributed by atoms with E-state index in [0.717, 1.165) is 18.5 Å². The fourth-order valence-corrected chi connectivity index (χ4v) is 4.25. The zero-order chi connectivity index (χ0) is 25.4. The first-order chi connectivity index (χ1) is 16.8. The van der Waals surface area contributed by atoms with Gasteiger partial charge in [0, 0.05) is 69.9 Å². The van der Waals surface area contributed by atoms with Gasteiger partial charge in [0.05, 0.1) is 11.7 Å². The molecule has 0 aliphatic carbocycles. The molecule has 0 saturated carbocycles. The highest BCUT2D eigenvalue weighted by Gasteiger charge is 2.28. The Bertz CT molecular complexity index is 987. The van der Waals surface area contributed by atoms with Crippen molar-refractivity contribution in [3.8, 4) is 5.75 Å². The van der Waals surface area contributed by atoms with Gasteiger partial charge in [0.2, 0.25) is 5.91 Å². The number of benzene rings is 1. The van der Waals surface area contributed by atoms with Gasteiger partial charge in [0.1, 0.15) is 18.7 Å². The van der Waals surface area contributed by atoms with Gasteiger partial charge in [-0.05, 0) is 37.5 Å². The van der Waals surface area contributed by atoms with E-state index >= 15 is 0 Å². The summed E-state index contributed by atoms with van der Waals surface area (Å²) in [6.45, 7) is 8.45. The van der Waals surface area contributed by atoms with Crippen LogP contribution in [-0.4, -0.2) is 77.6 Å². The number of amides is 2. The first-order valence-electron chi connectivity index (χ1n) is 12.1. The molecule has 1 aliphatic heterocycles. The van der Waals surface area contributed by atoms with Gasteiger partial charge in [-0.2, -0.15) is 0 Å². The van der Waals surface area contributed by atoms with E-state index < -0.39 is 0 Å². The van der Waals surface area contributed by atoms with Crippen LogP contribution in [0.4, 0.5) is 5.69 Å². The molecular weight excluding hydrogens is 446 g/mol. The summed E-state index contributed by atoms with van der Waals surface area (Å²) in [4.78, 5) is 37.8. The van der Waals surface area contributed by atoms with Gasteiger partial charge in [0.25, 0.3) is 5.91 Å². The number of hydrogen-bond donors (Lipinski definition) is 1. The third-order valence-corrected chi connectivity index (χ3v) is 6.33. The van der Waals surface area contributed by atoms with Gasteiger partial charge in [-0.25, -0.2) is 9.97 Å². The Morgan fingerprint density at radius 2 is 1.97 bits per heavy atom. The van der Waals surface area contributed by atoms with E-state index in [-0.39, 0.29) is 29.9 Å². The molecule has 0 unspecified atom stereocenters. The van der Waals surface area contributed by atoms with E-state index in [0.29, 0.717) is 43.1 Å². The van der Waals surface area contributed by atoms with Gasteiger partial charge >= 0.3 is 0 Å². The van der Waals surface area contributed by atoms with Crippen molar-refractivity contribution in [2.75, 3.05) is 39.2 Å². The highest BCUT2D eigenvalue weighted by Crippen LogP contribution is 2.27. The van der Waals surface area contributed by atoms with Crippen molar-refractivity contribution < 1.29 is 19.1 Å². The molecule has 2 heterocycles. The number of likely N-dealkylation sites (N-methyl/N-ethyl adjacent to an activating group) is 1. The summed E-state index contributed by atoms with van der Waals surface area (Å²) in [5.74, 6) is 0.394. The number of hydrogen-bond acceptors (Lipinski definition) is 7. The quantitative estimate of drug-likeness (QED) is 0.674. The number of carbonyl (C=O) groups is 2. The number of ether oxygens (including phenoxy) is 2. The molecule has 3 atom stereocenters. The lowest BCUT2D eigenvalue weighted by Crippen LogP contribution is -2.46. The fourth-order valence-electron chi connectivity index (χ4n) is 4.25. The van der Waals surface area contributed by atoms with Crippen LogP contribution < -0.4 is 10.1 Å². The SMILES string of the molecule is CCCC(=O)Nc1ccc2c(c1)C(=O)N(C)C[C@H](OC)[C@@H](C)CN(Cc1cncnc1)[C@H](C)CO2. The number of methoxy groups -OCH3 is 1. The molecule has 1 N–H and O–H groups in total. The third kappa shape index (κ3) is 7.22. The van der Waals surface area contributed by atoms with E-state index in [1.807, 2.05) is 19.3 Å². The topological polar surface area (TPSA) is 96.9 Å². The number of carbonyl (C=O) groups excluding carboxylic acids is 2. The summed E-state index contributed by atoms with van der Waals surface area (Å²) in [5, 5.41) is 2.87. The minimum absolute atomic E-state index is 0.0548. The molecule has 2 aromatic rings. The number of anilines is 1. The number of nitrogens with zero attached hydrogens (tertiary/aromatic N) is 4. The molecule has 1 aromatic carbocycles. The lowest BCUT2D eigenvalue weighted by molar-refractivity contribution is -0.116. The van der Waals surface area contributed by atoms with Crippen LogP contribution in [0, 0.1) is 5.92 Å². The molecule has 0 saturated heterocycles. The molecule has 1 aliphatic rings. The molecule has 1 aromatic heterocycles. The van der Waals surface area contributed by atoms with E-state index in [1.165, 1.54) is 6.33 Å². The smallest absolute Gasteiger partial charge is 0.257 e. The zero-order valence-corrected chi connectivity index (χ0v) is 21.4. The predicted molar refractivity (Wildman–Crippen MR) is 134 cm³/mol. The first kappa shape index (κ1) is 26.6. The number of aromatic nitrogens is 2. The monoisotopic (exact) mass is 483 g/mol. The van der Waals surface area contributed by atoms with Crippen LogP contribution in [0.15, 0.2) is 36.9 Å². The maximum atomic E-state index is 13.4. The van der Waals surface area contributed by atoms with E-state index in [4.69, 9.17) is 9.47 Å². The van der Waals surface area contributed by atoms with Crippen LogP contribution >= 0.6 is 0 Å². The maximum absolute atomic E-state index is 13.4. The molecule has 0 bridgehead atoms. The molecular formula is C26H37N5O4. The van der Waals surface area contributed by atoms with Gasteiger partial charge in [0.15, 0.2) is 0 Å². The summed E-state index contributed by atoms with van der Waals surface area (Å²) < 4.78 is 12.0. The van der Waals surface area contributed by atoms with Crippen molar-refractivity contribution >= 4 is 17.5 Å². The van der Waals surface area contributed by atoms with E-state index in [9.17, 15) is 9.59 Å². The summed E-state index contributed by atoms with van der Waals surface area (Å²) in [6.07, 6.45) is 6.20. The average molecular weight is 484 g/mol. The summed E-state index contributed by atoms with van der Waals surface area (Å²) >= 11 is 0. The third-order valence-electron chi connectivity index (χ3n) is 6.33. The van der Waals surface area contributed by atoms with Gasteiger partial charge < -0.3 is 19.7 Å². The van der Waals surface area contributed by atoms with Crippen LogP contribution in [0.25, 0.3) is 0 Å². The van der Waals surface area contributed by atoms with Crippen molar-refractivity contribution in [3.05, 3.63) is 48.0 Å². The Labute approximate surface area is 207 Å². The van der Waals surface area contributed by atoms with Crippen LogP contribution in [0.1, 0.15) is 49.5 Å². The van der Waals surface area contributed by atoms with Crippen molar-refractivity contribution in [2.24, 2.45) is 5.92 Å². The van der Waals surface area contributed by atoms with Crippen LogP contribution in [-0.2, 0) is 16.1 Å². The highest BCUT2D eigenvalue weighted by atomic mass is 16.5. The molecule has 3 rings (SSSR count). The Morgan fingerprint density at radius 1 is 1.23 bits per heavy atom. The number of rotatable bonds is 6. The Balaban J connectivity index is 1.92. The normalized spacial score (nSPS) is 21.9. The molecule has 190 valence electrons. The zero-order valence-electron chi connectivity index (χ0n) is 21.4. The molecule has 9 nitrogen and oxygen atoms in total. The van der Waals surface area contributed by atoms with Gasteiger partial charge in [-0.15, -0.1) is 0 Å². The maximum Gasteiger partial charge on any atom is 0.257 e. The lowest BCUT2D eigenvalue weighted by atomic mass is 10.0. The summed E-state index contributed by atoms with van der Waals surface area (Å²) in [6, 6.07) is 5.28. The molecule has 2 amide bonds. The summed E-state index contributed by atoms with van der Waals surface area (Å²) in [5.41, 5.74) is 2.02. The fraction of sp³-hybridized carbons (Fsp3) is 0.538. The Morgan fingerprint density at radius 3 is 2.66 bits per heavy atom. The van der Waals surface area contributed by atoms with E-state index in [2.05, 4.69) is 34.0 Å². The minimum atomic E-state index is -0.174. The van der Waals surface area contributed by atoms with Crippen LogP contribution in [0.5, 0.6) is 5.75 Å². The molecule has 35 heavy (non-hydrogen) atoms. The second kappa shape index (κ2) is 12.6. The molecule has 0 fully saturated rings. The first-order valence-corrected chi connectivity index (χ1v) is 12.1. The average Bonchev–Trinajstić information content (AvgIpc) is 2.85. The number of fused-ring (bicyclic) bond motifs is 1. The van der Waals surface area contributed by atoms with Crippen LogP contribution in [0.2, 0.25) is 0 Å². The minimum Gasteiger partial charge on any atom is -0.491 e. The standard InChI is InChI=1S/C26H37N5O4/c1-6-7-25(32)29-21-8-9-23-22(10-21)26(33)30(4)15-24(34-5)18(2)13-31(19(3)16-35-23)14-20-11-27-17-28-12-20/h8-12,17-19,24H,6-7,13-16H2,1-5H3,(H,29,32)/t18-,19+,24-/m0/s1. The van der Waals surface area contributed by atoms with Crippen molar-refractivity contribution in [1.29, 1.82) is 0 Å². The van der Waals surface area contributed by atoms with E-state index in [1.54, 1.807) is 37.3 Å². The molecule has 0 spiro atoms. The van der Waals surface area contributed by atoms with Gasteiger partial charge in [-0.1, -0.05) is 13.8 Å². The lowest BCUT2D eigenvalue weighted by Gasteiger charge is -2.36. The molecule has 0 radical (unpaired) electrons. The summed E-state index contributed by atoms with van der Waals surface area (Å²) in [7, 11) is 3.45. The number of nitrogens with one attached hydrogen (secondary N) is 1. The Kier molecular flexibility index (Phi) is 9.56. The van der Waals surface area contributed by atoms with Crippen LogP contribution in [0.3, 0.4) is 0 Å². The second-order valence-electron chi connectivity index (χ2n) is 9.28. The highest BCUT2D eigenvalue weighted by molar-refractivity contribution is 5.99. The largest absolute Gasteiger partial charge is 0.491 e. The van der Waals surface area contributed by atoms with Crippen molar-refractivity contribution in [1.82, 2.24) is 19.8 Å². The van der Waals surface area contributed by atoms with Crippen molar-refractivity contribution in [2.45, 2.75) is 52.3 Å². The Hall–Kier alpha value is -3.04. The van der Waals surface area contributed by atoms with Crippen molar-refractivity contribution in [3.63, 3.8) is 0 Å². The molecule has 9 heteroatoms. The predicted octanol–water partition coefficient (Wildman–Crippen LogP) is 3.22. The van der Waals surface area contributed by atoms with Gasteiger partial charge in [-0.3, -0.25) is 14.5 Å².